The fourth-order valence-electron chi connectivity index (χ4n) is 2.73. The van der Waals surface area contributed by atoms with Crippen LogP contribution in [0.4, 0.5) is 0 Å². The molecule has 2 rings (SSSR count). The molecule has 1 fully saturated rings. The molecule has 6 heteroatoms. The number of aromatic amines is 1. The molecule has 0 bridgehead atoms. The summed E-state index contributed by atoms with van der Waals surface area (Å²) in [6, 6.07) is 0. The summed E-state index contributed by atoms with van der Waals surface area (Å²) in [7, 11) is 1.99. The van der Waals surface area contributed by atoms with Crippen molar-refractivity contribution in [2.24, 2.45) is 0 Å². The first-order valence-electron chi connectivity index (χ1n) is 6.96. The number of H-pyrrole nitrogens is 1. The summed E-state index contributed by atoms with van der Waals surface area (Å²) in [5, 5.41) is 10.2. The Kier molecular flexibility index (Phi) is 4.52. The first kappa shape index (κ1) is 14.0. The number of hydrogen-bond acceptors (Lipinski definition) is 5. The van der Waals surface area contributed by atoms with Gasteiger partial charge in [0.25, 0.3) is 5.82 Å². The fourth-order valence-corrected chi connectivity index (χ4v) is 2.73. The molecule has 1 aliphatic carbocycles. The molecule has 0 radical (unpaired) electrons. The zero-order chi connectivity index (χ0) is 13.7. The number of nitrogens with one attached hydrogen (secondary N) is 2. The SMILES string of the molecule is CCOC(=O)c1n[nH]c(CC2(NC)CCCCC2)n1. The minimum absolute atomic E-state index is 0.0870. The van der Waals surface area contributed by atoms with Gasteiger partial charge < -0.3 is 10.1 Å². The van der Waals surface area contributed by atoms with Crippen LogP contribution >= 0.6 is 0 Å². The van der Waals surface area contributed by atoms with Gasteiger partial charge in [0, 0.05) is 12.0 Å². The van der Waals surface area contributed by atoms with Crippen molar-refractivity contribution in [3.63, 3.8) is 0 Å². The molecular formula is C13H22N4O2. The van der Waals surface area contributed by atoms with E-state index in [1.807, 2.05) is 7.05 Å². The van der Waals surface area contributed by atoms with Gasteiger partial charge in [0.15, 0.2) is 0 Å². The summed E-state index contributed by atoms with van der Waals surface area (Å²) >= 11 is 0. The normalized spacial score (nSPS) is 18.2. The van der Waals surface area contributed by atoms with Crippen molar-refractivity contribution in [2.75, 3.05) is 13.7 Å². The maximum absolute atomic E-state index is 11.5. The third-order valence-corrected chi connectivity index (χ3v) is 3.84. The van der Waals surface area contributed by atoms with E-state index in [2.05, 4.69) is 20.5 Å². The quantitative estimate of drug-likeness (QED) is 0.788. The van der Waals surface area contributed by atoms with Gasteiger partial charge in [-0.15, -0.1) is 5.10 Å². The summed E-state index contributed by atoms with van der Waals surface area (Å²) in [5.74, 6) is 0.408. The molecule has 0 unspecified atom stereocenters. The van der Waals surface area contributed by atoms with Crippen LogP contribution in [0, 0.1) is 0 Å². The van der Waals surface area contributed by atoms with Gasteiger partial charge in [-0.2, -0.15) is 0 Å². The Hall–Kier alpha value is -1.43. The minimum Gasteiger partial charge on any atom is -0.460 e. The van der Waals surface area contributed by atoms with Crippen LogP contribution in [-0.2, 0) is 11.2 Å². The molecule has 0 saturated heterocycles. The van der Waals surface area contributed by atoms with Crippen LogP contribution in [0.1, 0.15) is 55.5 Å². The van der Waals surface area contributed by atoms with Gasteiger partial charge in [0.05, 0.1) is 6.61 Å². The number of esters is 1. The first-order valence-corrected chi connectivity index (χ1v) is 6.96. The predicted molar refractivity (Wildman–Crippen MR) is 70.9 cm³/mol. The van der Waals surface area contributed by atoms with Gasteiger partial charge in [0.1, 0.15) is 5.82 Å². The fraction of sp³-hybridized carbons (Fsp3) is 0.769. The zero-order valence-electron chi connectivity index (χ0n) is 11.7. The predicted octanol–water partition coefficient (Wildman–Crippen LogP) is 1.45. The monoisotopic (exact) mass is 266 g/mol. The smallest absolute Gasteiger partial charge is 0.378 e. The lowest BCUT2D eigenvalue weighted by Crippen LogP contribution is -2.46. The summed E-state index contributed by atoms with van der Waals surface area (Å²) in [6.07, 6.45) is 6.82. The third-order valence-electron chi connectivity index (χ3n) is 3.84. The molecule has 1 aromatic rings. The average Bonchev–Trinajstić information content (AvgIpc) is 2.88. The Labute approximate surface area is 113 Å². The molecule has 0 amide bonds. The summed E-state index contributed by atoms with van der Waals surface area (Å²) in [4.78, 5) is 15.8. The lowest BCUT2D eigenvalue weighted by atomic mass is 9.79. The number of rotatable bonds is 5. The van der Waals surface area contributed by atoms with Crippen LogP contribution in [0.5, 0.6) is 0 Å². The Morgan fingerprint density at radius 2 is 2.16 bits per heavy atom. The highest BCUT2D eigenvalue weighted by atomic mass is 16.5. The minimum atomic E-state index is -0.466. The van der Waals surface area contributed by atoms with Crippen molar-refractivity contribution in [3.8, 4) is 0 Å². The van der Waals surface area contributed by atoms with Crippen LogP contribution in [-0.4, -0.2) is 40.3 Å². The maximum atomic E-state index is 11.5. The number of nitrogens with zero attached hydrogens (tertiary/aromatic N) is 2. The molecule has 1 aromatic heterocycles. The van der Waals surface area contributed by atoms with E-state index >= 15 is 0 Å². The second kappa shape index (κ2) is 6.14. The highest BCUT2D eigenvalue weighted by molar-refractivity contribution is 5.84. The zero-order valence-corrected chi connectivity index (χ0v) is 11.7. The van der Waals surface area contributed by atoms with E-state index in [1.165, 1.54) is 19.3 Å². The highest BCUT2D eigenvalue weighted by Gasteiger charge is 2.31. The molecule has 6 nitrogen and oxygen atoms in total. The largest absolute Gasteiger partial charge is 0.460 e. The molecule has 1 saturated carbocycles. The molecule has 0 atom stereocenters. The molecule has 0 spiro atoms. The number of carbonyl (C=O) groups is 1. The van der Waals surface area contributed by atoms with Crippen LogP contribution in [0.3, 0.4) is 0 Å². The standard InChI is InChI=1S/C13H22N4O2/c1-3-19-12(18)11-15-10(16-17-11)9-13(14-2)7-5-4-6-8-13/h14H,3-9H2,1-2H3,(H,15,16,17). The molecule has 1 aliphatic rings. The van der Waals surface area contributed by atoms with Crippen molar-refractivity contribution >= 4 is 5.97 Å². The number of carbonyl (C=O) groups excluding carboxylic acids is 1. The average molecular weight is 266 g/mol. The van der Waals surface area contributed by atoms with Crippen molar-refractivity contribution in [1.82, 2.24) is 20.5 Å². The van der Waals surface area contributed by atoms with Crippen LogP contribution < -0.4 is 5.32 Å². The van der Waals surface area contributed by atoms with Gasteiger partial charge in [-0.3, -0.25) is 5.10 Å². The molecule has 19 heavy (non-hydrogen) atoms. The second-order valence-electron chi connectivity index (χ2n) is 5.09. The van der Waals surface area contributed by atoms with E-state index in [-0.39, 0.29) is 11.4 Å². The van der Waals surface area contributed by atoms with E-state index in [1.54, 1.807) is 6.92 Å². The van der Waals surface area contributed by atoms with E-state index in [4.69, 9.17) is 4.74 Å². The van der Waals surface area contributed by atoms with Gasteiger partial charge in [-0.25, -0.2) is 9.78 Å². The van der Waals surface area contributed by atoms with Crippen LogP contribution in [0.15, 0.2) is 0 Å². The van der Waals surface area contributed by atoms with Gasteiger partial charge in [-0.1, -0.05) is 19.3 Å². The first-order chi connectivity index (χ1) is 9.19. The number of hydrogen-bond donors (Lipinski definition) is 2. The van der Waals surface area contributed by atoms with E-state index < -0.39 is 5.97 Å². The van der Waals surface area contributed by atoms with E-state index in [0.29, 0.717) is 6.61 Å². The molecular weight excluding hydrogens is 244 g/mol. The number of likely N-dealkylation sites (N-methyl/N-ethyl adjacent to an activating group) is 1. The van der Waals surface area contributed by atoms with Crippen molar-refractivity contribution in [3.05, 3.63) is 11.6 Å². The summed E-state index contributed by atoms with van der Waals surface area (Å²) in [5.41, 5.74) is 0.0870. The Morgan fingerprint density at radius 1 is 1.42 bits per heavy atom. The topological polar surface area (TPSA) is 79.9 Å². The molecule has 1 heterocycles. The van der Waals surface area contributed by atoms with E-state index in [0.717, 1.165) is 25.1 Å². The van der Waals surface area contributed by atoms with Gasteiger partial charge in [0.2, 0.25) is 0 Å². The molecule has 2 N–H and O–H groups in total. The Balaban J connectivity index is 2.04. The van der Waals surface area contributed by atoms with Crippen molar-refractivity contribution < 1.29 is 9.53 Å². The van der Waals surface area contributed by atoms with Crippen LogP contribution in [0.2, 0.25) is 0 Å². The summed E-state index contributed by atoms with van der Waals surface area (Å²) < 4.78 is 4.88. The lowest BCUT2D eigenvalue weighted by molar-refractivity contribution is 0.0512. The number of ether oxygens (including phenoxy) is 1. The lowest BCUT2D eigenvalue weighted by Gasteiger charge is -2.36. The Morgan fingerprint density at radius 3 is 2.79 bits per heavy atom. The second-order valence-corrected chi connectivity index (χ2v) is 5.09. The maximum Gasteiger partial charge on any atom is 0.378 e. The number of aromatic nitrogens is 3. The molecule has 0 aliphatic heterocycles. The third kappa shape index (κ3) is 3.32. The molecule has 106 valence electrons. The van der Waals surface area contributed by atoms with Gasteiger partial charge in [-0.05, 0) is 26.8 Å². The Bertz CT molecular complexity index is 424. The van der Waals surface area contributed by atoms with Crippen molar-refractivity contribution in [1.29, 1.82) is 0 Å². The van der Waals surface area contributed by atoms with E-state index in [9.17, 15) is 4.79 Å². The summed E-state index contributed by atoms with van der Waals surface area (Å²) in [6.45, 7) is 2.10. The molecule has 0 aromatic carbocycles. The van der Waals surface area contributed by atoms with Crippen LogP contribution in [0.25, 0.3) is 0 Å². The van der Waals surface area contributed by atoms with Crippen molar-refractivity contribution in [2.45, 2.75) is 51.0 Å². The highest BCUT2D eigenvalue weighted by Crippen LogP contribution is 2.30. The van der Waals surface area contributed by atoms with Gasteiger partial charge >= 0.3 is 5.97 Å².